The molecule has 6 heteroatoms. The van der Waals surface area contributed by atoms with Gasteiger partial charge in [0.1, 0.15) is 17.0 Å². The Balaban J connectivity index is 1.39. The van der Waals surface area contributed by atoms with Gasteiger partial charge in [0, 0.05) is 24.1 Å². The third-order valence-corrected chi connectivity index (χ3v) is 7.39. The lowest BCUT2D eigenvalue weighted by molar-refractivity contribution is -0.117. The normalized spacial score (nSPS) is 25.2. The second kappa shape index (κ2) is 8.51. The van der Waals surface area contributed by atoms with Crippen LogP contribution in [-0.4, -0.2) is 33.4 Å². The van der Waals surface area contributed by atoms with E-state index < -0.39 is 0 Å². The molecule has 2 fully saturated rings. The molecule has 1 aromatic carbocycles. The van der Waals surface area contributed by atoms with Gasteiger partial charge in [-0.15, -0.1) is 0 Å². The van der Waals surface area contributed by atoms with Crippen molar-refractivity contribution in [2.24, 2.45) is 0 Å². The van der Waals surface area contributed by atoms with Crippen LogP contribution in [0.4, 0.5) is 4.39 Å². The number of allylic oxidation sites excluding steroid dienone is 3. The van der Waals surface area contributed by atoms with Gasteiger partial charge in [-0.25, -0.2) is 9.07 Å². The number of carbonyl (C=O) groups is 1. The average Bonchev–Trinajstić information content (AvgIpc) is 3.09. The Hall–Kier alpha value is -3.25. The molecule has 2 heterocycles. The fourth-order valence-corrected chi connectivity index (χ4v) is 5.71. The quantitative estimate of drug-likeness (QED) is 0.334. The summed E-state index contributed by atoms with van der Waals surface area (Å²) in [5.74, 6) is -0.343. The predicted molar refractivity (Wildman–Crippen MR) is 131 cm³/mol. The van der Waals surface area contributed by atoms with Crippen molar-refractivity contribution >= 4 is 12.0 Å². The van der Waals surface area contributed by atoms with Crippen molar-refractivity contribution in [3.05, 3.63) is 89.1 Å². The number of nitrogens with one attached hydrogen (secondary N) is 1. The molecular formula is C28H30FN3O2. The first-order chi connectivity index (χ1) is 16.5. The van der Waals surface area contributed by atoms with Gasteiger partial charge in [0.25, 0.3) is 5.91 Å². The van der Waals surface area contributed by atoms with Crippen LogP contribution in [0.3, 0.4) is 0 Å². The molecule has 0 bridgehead atoms. The van der Waals surface area contributed by atoms with Crippen LogP contribution in [0.1, 0.15) is 50.8 Å². The lowest BCUT2D eigenvalue weighted by Crippen LogP contribution is -2.27. The van der Waals surface area contributed by atoms with Crippen molar-refractivity contribution in [3.63, 3.8) is 0 Å². The van der Waals surface area contributed by atoms with Crippen molar-refractivity contribution in [2.75, 3.05) is 6.54 Å². The molecule has 2 aliphatic carbocycles. The minimum Gasteiger partial charge on any atom is -0.357 e. The Morgan fingerprint density at radius 3 is 2.85 bits per heavy atom. The molecule has 1 saturated heterocycles. The number of fused-ring (bicyclic) bond motifs is 1. The Morgan fingerprint density at radius 2 is 2.15 bits per heavy atom. The molecule has 3 aliphatic rings. The van der Waals surface area contributed by atoms with E-state index in [1.807, 2.05) is 36.9 Å². The smallest absolute Gasteiger partial charge is 0.251 e. The minimum atomic E-state index is -0.266. The molecule has 2 atom stereocenters. The zero-order valence-corrected chi connectivity index (χ0v) is 19.7. The Morgan fingerprint density at radius 1 is 1.35 bits per heavy atom. The van der Waals surface area contributed by atoms with Crippen LogP contribution in [0.5, 0.6) is 0 Å². The molecule has 34 heavy (non-hydrogen) atoms. The summed E-state index contributed by atoms with van der Waals surface area (Å²) in [5, 5.41) is 7.47. The number of aromatic nitrogens is 2. The van der Waals surface area contributed by atoms with Crippen molar-refractivity contribution in [2.45, 2.75) is 57.2 Å². The third-order valence-electron chi connectivity index (χ3n) is 7.39. The number of ether oxygens (including phenoxy) is 1. The number of rotatable bonds is 8. The summed E-state index contributed by atoms with van der Waals surface area (Å²) in [4.78, 5) is 12.5. The van der Waals surface area contributed by atoms with Gasteiger partial charge in [-0.1, -0.05) is 24.8 Å². The fraction of sp³-hybridized carbons (Fsp3) is 0.357. The van der Waals surface area contributed by atoms with Crippen molar-refractivity contribution in [3.8, 4) is 5.69 Å². The molecule has 1 aromatic heterocycles. The summed E-state index contributed by atoms with van der Waals surface area (Å²) in [6, 6.07) is 6.41. The van der Waals surface area contributed by atoms with E-state index in [-0.39, 0.29) is 22.9 Å². The Bertz CT molecular complexity index is 1240. The largest absolute Gasteiger partial charge is 0.357 e. The maximum Gasteiger partial charge on any atom is 0.251 e. The molecule has 1 saturated carbocycles. The van der Waals surface area contributed by atoms with Gasteiger partial charge in [0.05, 0.1) is 17.6 Å². The highest BCUT2D eigenvalue weighted by Gasteiger charge is 2.74. The van der Waals surface area contributed by atoms with E-state index in [0.29, 0.717) is 12.1 Å². The molecular weight excluding hydrogens is 429 g/mol. The fourth-order valence-electron chi connectivity index (χ4n) is 5.71. The number of epoxide rings is 1. The molecule has 1 spiro atoms. The molecule has 1 aliphatic heterocycles. The third kappa shape index (κ3) is 3.48. The van der Waals surface area contributed by atoms with Crippen molar-refractivity contribution in [1.82, 2.24) is 15.1 Å². The van der Waals surface area contributed by atoms with Crippen LogP contribution in [0.15, 0.2) is 72.0 Å². The summed E-state index contributed by atoms with van der Waals surface area (Å²) >= 11 is 0. The second-order valence-electron chi connectivity index (χ2n) is 9.22. The standard InChI is InChI=1S/C28H30FN3O2/c1-4-7-19(24(5-2)26(33)30-6-3)12-14-27-15-13-21-16-25-20(17-28(21,27)34-27)18-31-32(25)23-10-8-22(29)9-11-23/h4-5,7-11,16,18H,2,6,12-15,17H2,1,3H3,(H,30,33)/b7-4-,24-19-/t27-,28?/m0/s1. The summed E-state index contributed by atoms with van der Waals surface area (Å²) in [5.41, 5.74) is 5.52. The van der Waals surface area contributed by atoms with Crippen LogP contribution in [0.25, 0.3) is 11.8 Å². The molecule has 5 nitrogen and oxygen atoms in total. The van der Waals surface area contributed by atoms with E-state index in [0.717, 1.165) is 54.6 Å². The highest BCUT2D eigenvalue weighted by Crippen LogP contribution is 2.67. The SMILES string of the molecule is C=C/C(C(=O)NCC)=C(\C=C/C)CC[C@]12CCC3=Cc4c(cnn4-c4ccc(F)cc4)CC31O2. The van der Waals surface area contributed by atoms with E-state index in [9.17, 15) is 9.18 Å². The van der Waals surface area contributed by atoms with Gasteiger partial charge in [0.2, 0.25) is 0 Å². The maximum absolute atomic E-state index is 13.4. The monoisotopic (exact) mass is 459 g/mol. The molecule has 5 rings (SSSR count). The van der Waals surface area contributed by atoms with Gasteiger partial charge in [-0.2, -0.15) is 5.10 Å². The summed E-state index contributed by atoms with van der Waals surface area (Å²) in [6.45, 7) is 8.33. The number of halogens is 1. The summed E-state index contributed by atoms with van der Waals surface area (Å²) in [7, 11) is 0. The molecule has 1 amide bonds. The number of hydrogen-bond donors (Lipinski definition) is 1. The van der Waals surface area contributed by atoms with Gasteiger partial charge in [-0.05, 0) is 81.0 Å². The van der Waals surface area contributed by atoms with Crippen LogP contribution in [0.2, 0.25) is 0 Å². The Labute approximate surface area is 199 Å². The Kier molecular flexibility index (Phi) is 5.64. The molecule has 2 aromatic rings. The number of likely N-dealkylation sites (N-methyl/N-ethyl adjacent to an activating group) is 1. The molecule has 0 radical (unpaired) electrons. The molecule has 1 unspecified atom stereocenters. The van der Waals surface area contributed by atoms with Crippen LogP contribution < -0.4 is 5.32 Å². The highest BCUT2D eigenvalue weighted by molar-refractivity contribution is 5.97. The van der Waals surface area contributed by atoms with Gasteiger partial charge in [-0.3, -0.25) is 4.79 Å². The second-order valence-corrected chi connectivity index (χ2v) is 9.22. The maximum atomic E-state index is 13.4. The summed E-state index contributed by atoms with van der Waals surface area (Å²) < 4.78 is 21.8. The predicted octanol–water partition coefficient (Wildman–Crippen LogP) is 5.23. The van der Waals surface area contributed by atoms with Crippen LogP contribution in [-0.2, 0) is 16.0 Å². The number of amides is 1. The topological polar surface area (TPSA) is 59.5 Å². The van der Waals surface area contributed by atoms with Gasteiger partial charge in [0.15, 0.2) is 0 Å². The van der Waals surface area contributed by atoms with Gasteiger partial charge < -0.3 is 10.1 Å². The van der Waals surface area contributed by atoms with E-state index in [1.165, 1.54) is 17.7 Å². The lowest BCUT2D eigenvalue weighted by atomic mass is 9.80. The number of carbonyl (C=O) groups excluding carboxylic acids is 1. The minimum absolute atomic E-state index is 0.0861. The van der Waals surface area contributed by atoms with Gasteiger partial charge >= 0.3 is 0 Å². The van der Waals surface area contributed by atoms with Crippen LogP contribution >= 0.6 is 0 Å². The van der Waals surface area contributed by atoms with Crippen molar-refractivity contribution < 1.29 is 13.9 Å². The molecule has 1 N–H and O–H groups in total. The van der Waals surface area contributed by atoms with E-state index in [2.05, 4.69) is 23.1 Å². The number of nitrogens with zero attached hydrogens (tertiary/aromatic N) is 2. The zero-order valence-electron chi connectivity index (χ0n) is 19.7. The van der Waals surface area contributed by atoms with E-state index in [4.69, 9.17) is 4.74 Å². The lowest BCUT2D eigenvalue weighted by Gasteiger charge is -2.20. The average molecular weight is 460 g/mol. The number of hydrogen-bond acceptors (Lipinski definition) is 3. The molecule has 176 valence electrons. The highest BCUT2D eigenvalue weighted by atomic mass is 19.1. The number of benzene rings is 1. The first-order valence-electron chi connectivity index (χ1n) is 12.0. The van der Waals surface area contributed by atoms with Crippen LogP contribution in [0, 0.1) is 5.82 Å². The first-order valence-corrected chi connectivity index (χ1v) is 12.0. The van der Waals surface area contributed by atoms with E-state index in [1.54, 1.807) is 18.2 Å². The zero-order chi connectivity index (χ0) is 23.9. The summed E-state index contributed by atoms with van der Waals surface area (Å²) in [6.07, 6.45) is 14.1. The van der Waals surface area contributed by atoms with Crippen molar-refractivity contribution in [1.29, 1.82) is 0 Å². The first kappa shape index (κ1) is 22.5. The van der Waals surface area contributed by atoms with E-state index >= 15 is 0 Å².